The number of nitrogens with zero attached hydrogens (tertiary/aromatic N) is 1. The summed E-state index contributed by atoms with van der Waals surface area (Å²) in [7, 11) is 0. The summed E-state index contributed by atoms with van der Waals surface area (Å²) in [6.45, 7) is -1.09. The van der Waals surface area contributed by atoms with E-state index in [1.54, 1.807) is 37.3 Å². The fraction of sp³-hybridized carbons (Fsp3) is 0.176. The van der Waals surface area contributed by atoms with Crippen LogP contribution in [0.4, 0.5) is 8.78 Å². The molecule has 0 atom stereocenters. The van der Waals surface area contributed by atoms with Crippen molar-refractivity contribution in [2.45, 2.75) is 20.1 Å². The maximum Gasteiger partial charge on any atom is 0.387 e. The lowest BCUT2D eigenvalue weighted by Gasteiger charge is -2.11. The van der Waals surface area contributed by atoms with Gasteiger partial charge in [0.1, 0.15) is 11.4 Å². The predicted octanol–water partition coefficient (Wildman–Crippen LogP) is 4.24. The van der Waals surface area contributed by atoms with Gasteiger partial charge < -0.3 is 14.5 Å². The third kappa shape index (κ3) is 4.03. The molecule has 1 amide bonds. The molecule has 2 heterocycles. The smallest absolute Gasteiger partial charge is 0.387 e. The second-order valence-electron chi connectivity index (χ2n) is 5.07. The van der Waals surface area contributed by atoms with E-state index in [0.29, 0.717) is 16.3 Å². The number of hydrogen-bond acceptors (Lipinski definition) is 5. The second-order valence-corrected chi connectivity index (χ2v) is 6.27. The van der Waals surface area contributed by atoms with Crippen molar-refractivity contribution in [3.63, 3.8) is 0 Å². The lowest BCUT2D eigenvalue weighted by Crippen LogP contribution is -2.24. The van der Waals surface area contributed by atoms with E-state index in [1.165, 1.54) is 23.7 Å². The van der Waals surface area contributed by atoms with Crippen LogP contribution in [0.1, 0.15) is 20.9 Å². The van der Waals surface area contributed by atoms with Crippen LogP contribution in [0.2, 0.25) is 0 Å². The molecular weight excluding hydrogens is 350 g/mol. The summed E-state index contributed by atoms with van der Waals surface area (Å²) < 4.78 is 34.6. The van der Waals surface area contributed by atoms with Crippen molar-refractivity contribution in [1.82, 2.24) is 10.3 Å². The van der Waals surface area contributed by atoms with Gasteiger partial charge in [-0.25, -0.2) is 4.98 Å². The Morgan fingerprint density at radius 2 is 2.12 bits per heavy atom. The van der Waals surface area contributed by atoms with Gasteiger partial charge in [0.2, 0.25) is 0 Å². The van der Waals surface area contributed by atoms with Crippen LogP contribution in [-0.4, -0.2) is 17.5 Å². The Morgan fingerprint density at radius 3 is 2.84 bits per heavy atom. The van der Waals surface area contributed by atoms with Crippen molar-refractivity contribution in [2.24, 2.45) is 0 Å². The number of benzene rings is 1. The van der Waals surface area contributed by atoms with Gasteiger partial charge in [-0.15, -0.1) is 11.3 Å². The van der Waals surface area contributed by atoms with E-state index in [0.717, 1.165) is 4.88 Å². The molecule has 3 aromatic rings. The minimum Gasteiger partial charge on any atom is -0.462 e. The topological polar surface area (TPSA) is 64.4 Å². The molecule has 25 heavy (non-hydrogen) atoms. The summed E-state index contributed by atoms with van der Waals surface area (Å²) in [6, 6.07) is 9.81. The minimum atomic E-state index is -2.92. The number of nitrogens with one attached hydrogen (secondary N) is 1. The average Bonchev–Trinajstić information content (AvgIpc) is 3.22. The molecule has 130 valence electrons. The van der Waals surface area contributed by atoms with E-state index < -0.39 is 12.5 Å². The summed E-state index contributed by atoms with van der Waals surface area (Å²) in [5, 5.41) is 3.28. The Hall–Kier alpha value is -2.74. The van der Waals surface area contributed by atoms with Crippen LogP contribution in [0.15, 0.2) is 47.1 Å². The van der Waals surface area contributed by atoms with Crippen LogP contribution >= 0.6 is 11.3 Å². The number of amides is 1. The quantitative estimate of drug-likeness (QED) is 0.710. The first kappa shape index (κ1) is 17.1. The van der Waals surface area contributed by atoms with Crippen molar-refractivity contribution >= 4 is 17.2 Å². The number of thiazole rings is 1. The molecule has 8 heteroatoms. The number of carbonyl (C=O) groups is 1. The molecule has 0 aliphatic heterocycles. The maximum absolute atomic E-state index is 12.4. The molecule has 1 aromatic carbocycles. The summed E-state index contributed by atoms with van der Waals surface area (Å²) in [6.07, 6.45) is 1.53. The number of carbonyl (C=O) groups excluding carboxylic acids is 1. The Labute approximate surface area is 146 Å². The fourth-order valence-corrected chi connectivity index (χ4v) is 3.11. The van der Waals surface area contributed by atoms with Gasteiger partial charge in [-0.1, -0.05) is 18.2 Å². The molecule has 3 rings (SSSR count). The SMILES string of the molecule is Cc1sc(-c2ccco2)nc1C(=O)NCc1ccccc1OC(F)F. The van der Waals surface area contributed by atoms with Gasteiger partial charge in [0.25, 0.3) is 5.91 Å². The lowest BCUT2D eigenvalue weighted by molar-refractivity contribution is -0.0504. The number of ether oxygens (including phenoxy) is 1. The van der Waals surface area contributed by atoms with Crippen molar-refractivity contribution in [1.29, 1.82) is 0 Å². The van der Waals surface area contributed by atoms with Crippen molar-refractivity contribution in [3.05, 3.63) is 58.8 Å². The molecule has 5 nitrogen and oxygen atoms in total. The zero-order valence-electron chi connectivity index (χ0n) is 13.2. The van der Waals surface area contributed by atoms with Gasteiger partial charge in [0, 0.05) is 17.0 Å². The number of halogens is 2. The van der Waals surface area contributed by atoms with Gasteiger partial charge in [-0.05, 0) is 25.1 Å². The number of hydrogen-bond donors (Lipinski definition) is 1. The van der Waals surface area contributed by atoms with Crippen molar-refractivity contribution < 1.29 is 22.7 Å². The van der Waals surface area contributed by atoms with Gasteiger partial charge >= 0.3 is 6.61 Å². The number of aromatic nitrogens is 1. The first-order chi connectivity index (χ1) is 12.0. The minimum absolute atomic E-state index is 0.0316. The molecule has 0 aliphatic rings. The number of alkyl halides is 2. The molecule has 0 unspecified atom stereocenters. The highest BCUT2D eigenvalue weighted by Crippen LogP contribution is 2.28. The molecule has 0 fully saturated rings. The van der Waals surface area contributed by atoms with E-state index in [1.807, 2.05) is 0 Å². The monoisotopic (exact) mass is 364 g/mol. The average molecular weight is 364 g/mol. The number of furan rings is 1. The van der Waals surface area contributed by atoms with Crippen LogP contribution < -0.4 is 10.1 Å². The summed E-state index contributed by atoms with van der Waals surface area (Å²) in [5.41, 5.74) is 0.735. The van der Waals surface area contributed by atoms with Crippen LogP contribution in [0.5, 0.6) is 5.75 Å². The van der Waals surface area contributed by atoms with Gasteiger partial charge in [0.15, 0.2) is 10.8 Å². The Kier molecular flexibility index (Phi) is 5.08. The zero-order valence-corrected chi connectivity index (χ0v) is 14.0. The molecule has 0 aliphatic carbocycles. The Balaban J connectivity index is 1.72. The van der Waals surface area contributed by atoms with Crippen LogP contribution in [0.25, 0.3) is 10.8 Å². The molecule has 0 saturated carbocycles. The second kappa shape index (κ2) is 7.43. The molecular formula is C17H14F2N2O3S. The number of aryl methyl sites for hydroxylation is 1. The van der Waals surface area contributed by atoms with Gasteiger partial charge in [0.05, 0.1) is 6.26 Å². The molecule has 0 radical (unpaired) electrons. The highest BCUT2D eigenvalue weighted by Gasteiger charge is 2.18. The van der Waals surface area contributed by atoms with Gasteiger partial charge in [-0.2, -0.15) is 8.78 Å². The molecule has 1 N–H and O–H groups in total. The maximum atomic E-state index is 12.4. The molecule has 0 spiro atoms. The summed E-state index contributed by atoms with van der Waals surface area (Å²) in [4.78, 5) is 17.4. The van der Waals surface area contributed by atoms with Gasteiger partial charge in [-0.3, -0.25) is 4.79 Å². The summed E-state index contributed by atoms with van der Waals surface area (Å²) in [5.74, 6) is 0.227. The third-order valence-electron chi connectivity index (χ3n) is 3.37. The van der Waals surface area contributed by atoms with E-state index in [-0.39, 0.29) is 18.0 Å². The Bertz CT molecular complexity index is 863. The highest BCUT2D eigenvalue weighted by atomic mass is 32.1. The highest BCUT2D eigenvalue weighted by molar-refractivity contribution is 7.15. The fourth-order valence-electron chi connectivity index (χ4n) is 2.23. The van der Waals surface area contributed by atoms with Crippen LogP contribution in [0.3, 0.4) is 0 Å². The first-order valence-corrected chi connectivity index (χ1v) is 8.18. The molecule has 0 saturated heterocycles. The summed E-state index contributed by atoms with van der Waals surface area (Å²) >= 11 is 1.34. The van der Waals surface area contributed by atoms with Crippen LogP contribution in [-0.2, 0) is 6.54 Å². The number of rotatable bonds is 6. The largest absolute Gasteiger partial charge is 0.462 e. The normalized spacial score (nSPS) is 10.9. The van der Waals surface area contributed by atoms with E-state index in [2.05, 4.69) is 15.0 Å². The van der Waals surface area contributed by atoms with Crippen LogP contribution in [0, 0.1) is 6.92 Å². The zero-order chi connectivity index (χ0) is 17.8. The third-order valence-corrected chi connectivity index (χ3v) is 4.36. The first-order valence-electron chi connectivity index (χ1n) is 7.37. The van der Waals surface area contributed by atoms with E-state index >= 15 is 0 Å². The standard InChI is InChI=1S/C17H14F2N2O3S/c1-10-14(21-16(25-10)13-7-4-8-23-13)15(22)20-9-11-5-2-3-6-12(11)24-17(18)19/h2-8,17H,9H2,1H3,(H,20,22). The number of para-hydroxylation sites is 1. The predicted molar refractivity (Wildman–Crippen MR) is 88.8 cm³/mol. The Morgan fingerprint density at radius 1 is 1.32 bits per heavy atom. The lowest BCUT2D eigenvalue weighted by atomic mass is 10.2. The molecule has 0 bridgehead atoms. The van der Waals surface area contributed by atoms with E-state index in [9.17, 15) is 13.6 Å². The molecule has 2 aromatic heterocycles. The van der Waals surface area contributed by atoms with E-state index in [4.69, 9.17) is 4.42 Å². The van der Waals surface area contributed by atoms with Crippen molar-refractivity contribution in [2.75, 3.05) is 0 Å². The van der Waals surface area contributed by atoms with Crippen molar-refractivity contribution in [3.8, 4) is 16.5 Å².